The molecule has 9 rings (SSSR count). The smallest absolute Gasteiger partial charge is 0.307 e. The average molecular weight is 841 g/mol. The second-order valence-electron chi connectivity index (χ2n) is 20.2. The van der Waals surface area contributed by atoms with Gasteiger partial charge in [-0.15, -0.1) is 0 Å². The summed E-state index contributed by atoms with van der Waals surface area (Å²) in [4.78, 5) is 31.0. The lowest BCUT2D eigenvalue weighted by Crippen LogP contribution is -2.10. The van der Waals surface area contributed by atoms with Gasteiger partial charge in [0.25, 0.3) is 0 Å². The minimum Gasteiger partial charge on any atom is -0.481 e. The van der Waals surface area contributed by atoms with Gasteiger partial charge in [0.2, 0.25) is 0 Å². The molecular formula is C58H56N4O2. The van der Waals surface area contributed by atoms with Crippen molar-refractivity contribution >= 4 is 52.3 Å². The molecule has 0 atom stereocenters. The van der Waals surface area contributed by atoms with E-state index in [1.807, 2.05) is 36.4 Å². The van der Waals surface area contributed by atoms with Gasteiger partial charge in [-0.05, 0) is 109 Å². The number of aromatic nitrogens is 4. The SMILES string of the molecule is CC(C)(C)c1ccc(-c2c3nc(c(-c4ccccc4CC(=O)O)c4nc(c(-c5ccc(C(C)(C)C)cc5)c5ccc([nH]5)c(-c5ccc(C(C)(C)C)cc5)c5ccc2[nH]5)C=C4)C=C3)cc1. The summed E-state index contributed by atoms with van der Waals surface area (Å²) < 4.78 is 0. The van der Waals surface area contributed by atoms with Crippen LogP contribution in [0.25, 0.3) is 90.9 Å². The molecule has 0 saturated heterocycles. The molecule has 6 heteroatoms. The molecule has 7 aromatic rings. The van der Waals surface area contributed by atoms with E-state index in [1.54, 1.807) is 0 Å². The van der Waals surface area contributed by atoms with Gasteiger partial charge in [-0.25, -0.2) is 9.97 Å². The minimum atomic E-state index is -0.899. The predicted molar refractivity (Wildman–Crippen MR) is 268 cm³/mol. The van der Waals surface area contributed by atoms with Gasteiger partial charge < -0.3 is 15.1 Å². The molecular weight excluding hydrogens is 785 g/mol. The number of benzene rings is 4. The summed E-state index contributed by atoms with van der Waals surface area (Å²) in [6.07, 6.45) is 8.10. The number of aliphatic carboxylic acids is 1. The van der Waals surface area contributed by atoms with E-state index in [1.165, 1.54) is 16.7 Å². The standard InChI is InChI=1S/C58H56N4O2/c1-56(2,3)39-20-14-35(15-21-39)52-43-26-28-45(59-43)53(36-16-22-40(23-17-36)57(4,5)6)47-30-32-49(61-47)55(42-13-11-10-12-38(42)34-51(63)64)50-33-31-48(62-50)54(46-29-27-44(52)60-46)37-18-24-41(25-19-37)58(7,8)9/h10-33,59-60H,34H2,1-9H3,(H,63,64). The lowest BCUT2D eigenvalue weighted by Gasteiger charge is -2.19. The molecule has 3 aromatic heterocycles. The maximum absolute atomic E-state index is 12.3. The van der Waals surface area contributed by atoms with E-state index < -0.39 is 5.97 Å². The molecule has 0 fully saturated rings. The van der Waals surface area contributed by atoms with Crippen LogP contribution in [0.5, 0.6) is 0 Å². The number of carbonyl (C=O) groups is 1. The number of nitrogens with one attached hydrogen (secondary N) is 2. The highest BCUT2D eigenvalue weighted by atomic mass is 16.4. The molecule has 6 nitrogen and oxygen atoms in total. The number of carboxylic acids is 1. The van der Waals surface area contributed by atoms with Crippen LogP contribution in [0.4, 0.5) is 0 Å². The van der Waals surface area contributed by atoms with Crippen LogP contribution in [0.15, 0.2) is 121 Å². The van der Waals surface area contributed by atoms with Gasteiger partial charge in [0.15, 0.2) is 0 Å². The highest BCUT2D eigenvalue weighted by Crippen LogP contribution is 2.40. The summed E-state index contributed by atoms with van der Waals surface area (Å²) in [5.41, 5.74) is 18.9. The number of hydrogen-bond acceptors (Lipinski definition) is 3. The van der Waals surface area contributed by atoms with Gasteiger partial charge >= 0.3 is 5.97 Å². The second kappa shape index (κ2) is 15.9. The molecule has 0 radical (unpaired) electrons. The summed E-state index contributed by atoms with van der Waals surface area (Å²) in [6.45, 7) is 20.1. The third-order valence-corrected chi connectivity index (χ3v) is 12.5. The molecule has 2 aliphatic heterocycles. The Kier molecular flexibility index (Phi) is 10.5. The molecule has 3 N–H and O–H groups in total. The number of fused-ring (bicyclic) bond motifs is 8. The van der Waals surface area contributed by atoms with Gasteiger partial charge in [0, 0.05) is 44.3 Å². The summed E-state index contributed by atoms with van der Waals surface area (Å²) in [7, 11) is 0. The van der Waals surface area contributed by atoms with Gasteiger partial charge in [0.05, 0.1) is 29.2 Å². The van der Waals surface area contributed by atoms with E-state index in [0.717, 1.165) is 78.0 Å². The molecule has 320 valence electrons. The van der Waals surface area contributed by atoms with Gasteiger partial charge in [-0.2, -0.15) is 0 Å². The van der Waals surface area contributed by atoms with Gasteiger partial charge in [0.1, 0.15) is 0 Å². The molecule has 0 saturated carbocycles. The fourth-order valence-electron chi connectivity index (χ4n) is 8.89. The highest BCUT2D eigenvalue weighted by molar-refractivity contribution is 6.00. The Morgan fingerprint density at radius 2 is 0.766 bits per heavy atom. The van der Waals surface area contributed by atoms with E-state index in [4.69, 9.17) is 9.97 Å². The van der Waals surface area contributed by atoms with E-state index >= 15 is 0 Å². The molecule has 4 aromatic carbocycles. The summed E-state index contributed by atoms with van der Waals surface area (Å²) in [6, 6.07) is 43.0. The van der Waals surface area contributed by atoms with Crippen LogP contribution in [0.3, 0.4) is 0 Å². The number of H-pyrrole nitrogens is 2. The van der Waals surface area contributed by atoms with Crippen molar-refractivity contribution in [3.05, 3.63) is 166 Å². The first-order valence-electron chi connectivity index (χ1n) is 22.2. The Labute approximate surface area is 376 Å². The molecule has 0 aliphatic carbocycles. The van der Waals surface area contributed by atoms with Crippen LogP contribution in [-0.4, -0.2) is 31.0 Å². The van der Waals surface area contributed by atoms with E-state index in [2.05, 4.69) is 181 Å². The zero-order chi connectivity index (χ0) is 45.1. The summed E-state index contributed by atoms with van der Waals surface area (Å²) >= 11 is 0. The van der Waals surface area contributed by atoms with Crippen molar-refractivity contribution in [2.24, 2.45) is 0 Å². The molecule has 2 aliphatic rings. The van der Waals surface area contributed by atoms with Crippen LogP contribution < -0.4 is 0 Å². The number of carboxylic acid groups (broad SMARTS) is 1. The number of nitrogens with zero attached hydrogens (tertiary/aromatic N) is 2. The van der Waals surface area contributed by atoms with E-state index in [0.29, 0.717) is 17.0 Å². The van der Waals surface area contributed by atoms with Crippen molar-refractivity contribution in [1.82, 2.24) is 19.9 Å². The van der Waals surface area contributed by atoms with Crippen molar-refractivity contribution in [3.63, 3.8) is 0 Å². The Hall–Kier alpha value is -7.05. The van der Waals surface area contributed by atoms with Crippen molar-refractivity contribution in [2.75, 3.05) is 0 Å². The maximum Gasteiger partial charge on any atom is 0.307 e. The Bertz CT molecular complexity index is 3020. The average Bonchev–Trinajstić information content (AvgIpc) is 4.09. The van der Waals surface area contributed by atoms with Crippen molar-refractivity contribution in [2.45, 2.75) is 85.0 Å². The summed E-state index contributed by atoms with van der Waals surface area (Å²) in [5.74, 6) is -0.899. The van der Waals surface area contributed by atoms with Crippen LogP contribution in [0.1, 0.15) is 107 Å². The lowest BCUT2D eigenvalue weighted by molar-refractivity contribution is -0.136. The fourth-order valence-corrected chi connectivity index (χ4v) is 8.89. The lowest BCUT2D eigenvalue weighted by atomic mass is 9.86. The third-order valence-electron chi connectivity index (χ3n) is 12.5. The molecule has 0 spiro atoms. The first-order chi connectivity index (χ1) is 30.4. The third kappa shape index (κ3) is 8.17. The molecule has 0 amide bonds. The first kappa shape index (κ1) is 42.3. The Morgan fingerprint density at radius 1 is 0.438 bits per heavy atom. The minimum absolute atomic E-state index is 0.00803. The van der Waals surface area contributed by atoms with Crippen LogP contribution >= 0.6 is 0 Å². The second-order valence-corrected chi connectivity index (χ2v) is 20.2. The topological polar surface area (TPSA) is 94.7 Å². The van der Waals surface area contributed by atoms with Crippen molar-refractivity contribution in [1.29, 1.82) is 0 Å². The quantitative estimate of drug-likeness (QED) is 0.155. The zero-order valence-electron chi connectivity index (χ0n) is 38.3. The highest BCUT2D eigenvalue weighted by Gasteiger charge is 2.23. The summed E-state index contributed by atoms with van der Waals surface area (Å²) in [5, 5.41) is 10.1. The molecule has 5 heterocycles. The van der Waals surface area contributed by atoms with Crippen LogP contribution in [-0.2, 0) is 27.5 Å². The predicted octanol–water partition coefficient (Wildman–Crippen LogP) is 14.8. The molecule has 0 unspecified atom stereocenters. The van der Waals surface area contributed by atoms with Gasteiger partial charge in [-0.1, -0.05) is 159 Å². The monoisotopic (exact) mass is 840 g/mol. The normalized spacial score (nSPS) is 12.8. The first-order valence-corrected chi connectivity index (χ1v) is 22.2. The Balaban J connectivity index is 1.44. The largest absolute Gasteiger partial charge is 0.481 e. The van der Waals surface area contributed by atoms with Crippen LogP contribution in [0.2, 0.25) is 0 Å². The van der Waals surface area contributed by atoms with Crippen molar-refractivity contribution < 1.29 is 9.90 Å². The van der Waals surface area contributed by atoms with Crippen molar-refractivity contribution in [3.8, 4) is 44.5 Å². The number of aromatic amines is 2. The molecule has 64 heavy (non-hydrogen) atoms. The van der Waals surface area contributed by atoms with Gasteiger partial charge in [-0.3, -0.25) is 4.79 Å². The maximum atomic E-state index is 12.3. The number of rotatable bonds is 6. The molecule has 8 bridgehead atoms. The number of hydrogen-bond donors (Lipinski definition) is 3. The van der Waals surface area contributed by atoms with Crippen LogP contribution in [0, 0.1) is 0 Å². The van der Waals surface area contributed by atoms with E-state index in [-0.39, 0.29) is 22.7 Å². The fraction of sp³-hybridized carbons (Fsp3) is 0.224. The Morgan fingerprint density at radius 3 is 1.12 bits per heavy atom. The zero-order valence-corrected chi connectivity index (χ0v) is 38.3. The van der Waals surface area contributed by atoms with E-state index in [9.17, 15) is 9.90 Å².